The normalized spacial score (nSPS) is 26.3. The van der Waals surface area contributed by atoms with Crippen molar-refractivity contribution < 1.29 is 24.2 Å². The molecule has 2 fully saturated rings. The highest BCUT2D eigenvalue weighted by Crippen LogP contribution is 2.29. The predicted molar refractivity (Wildman–Crippen MR) is 86.6 cm³/mol. The molecule has 1 unspecified atom stereocenters. The van der Waals surface area contributed by atoms with E-state index in [1.165, 1.54) is 9.80 Å². The van der Waals surface area contributed by atoms with E-state index in [4.69, 9.17) is 9.47 Å². The number of ether oxygens (including phenoxy) is 2. The maximum absolute atomic E-state index is 12.5. The molecular weight excluding hydrogens is 312 g/mol. The molecule has 2 aliphatic rings. The molecule has 134 valence electrons. The second-order valence-corrected chi connectivity index (χ2v) is 7.49. The zero-order chi connectivity index (χ0) is 18.1. The highest BCUT2D eigenvalue weighted by atomic mass is 16.6. The van der Waals surface area contributed by atoms with Crippen LogP contribution in [0.3, 0.4) is 0 Å². The van der Waals surface area contributed by atoms with E-state index in [-0.39, 0.29) is 19.1 Å². The van der Waals surface area contributed by atoms with E-state index in [1.807, 2.05) is 0 Å². The van der Waals surface area contributed by atoms with Gasteiger partial charge >= 0.3 is 6.09 Å². The number of aliphatic hydroxyl groups excluding tert-OH is 1. The molecule has 2 aliphatic heterocycles. The molecule has 0 radical (unpaired) electrons. The van der Waals surface area contributed by atoms with E-state index in [0.29, 0.717) is 12.8 Å². The summed E-state index contributed by atoms with van der Waals surface area (Å²) in [5.74, 6) is 5.74. The van der Waals surface area contributed by atoms with Crippen molar-refractivity contribution in [3.63, 3.8) is 0 Å². The van der Waals surface area contributed by atoms with Gasteiger partial charge in [0.25, 0.3) is 0 Å². The van der Waals surface area contributed by atoms with E-state index in [1.54, 1.807) is 34.6 Å². The molecule has 2 amide bonds. The van der Waals surface area contributed by atoms with Crippen LogP contribution in [0, 0.1) is 11.8 Å². The average molecular weight is 338 g/mol. The molecule has 24 heavy (non-hydrogen) atoms. The number of likely N-dealkylation sites (tertiary alicyclic amines) is 1. The lowest BCUT2D eigenvalue weighted by Crippen LogP contribution is -2.49. The van der Waals surface area contributed by atoms with Crippen LogP contribution >= 0.6 is 0 Å². The third-order valence-electron chi connectivity index (χ3n) is 3.89. The molecule has 1 N–H and O–H groups in total. The van der Waals surface area contributed by atoms with Crippen LogP contribution in [0.5, 0.6) is 0 Å². The van der Waals surface area contributed by atoms with E-state index in [9.17, 15) is 14.7 Å². The monoisotopic (exact) mass is 338 g/mol. The lowest BCUT2D eigenvalue weighted by molar-refractivity contribution is -0.132. The number of hydrogen-bond donors (Lipinski definition) is 1. The van der Waals surface area contributed by atoms with Crippen molar-refractivity contribution >= 4 is 12.0 Å². The summed E-state index contributed by atoms with van der Waals surface area (Å²) in [6.07, 6.45) is -0.483. The summed E-state index contributed by atoms with van der Waals surface area (Å²) in [6, 6.07) is -0.454. The summed E-state index contributed by atoms with van der Waals surface area (Å²) in [7, 11) is 0. The summed E-state index contributed by atoms with van der Waals surface area (Å²) in [4.78, 5) is 26.9. The average Bonchev–Trinajstić information content (AvgIpc) is 2.89. The minimum absolute atomic E-state index is 0.108. The van der Waals surface area contributed by atoms with Crippen LogP contribution in [0.1, 0.15) is 47.5 Å². The van der Waals surface area contributed by atoms with Crippen molar-refractivity contribution in [2.24, 2.45) is 0 Å². The molecule has 0 aromatic rings. The van der Waals surface area contributed by atoms with Gasteiger partial charge in [-0.1, -0.05) is 11.8 Å². The zero-order valence-corrected chi connectivity index (χ0v) is 15.0. The molecule has 2 atom stereocenters. The Morgan fingerprint density at radius 2 is 2.12 bits per heavy atom. The number of nitrogens with zero attached hydrogens (tertiary/aromatic N) is 2. The molecule has 7 heteroatoms. The molecule has 0 bridgehead atoms. The maximum atomic E-state index is 12.5. The summed E-state index contributed by atoms with van der Waals surface area (Å²) >= 11 is 0. The van der Waals surface area contributed by atoms with Crippen molar-refractivity contribution in [3.05, 3.63) is 0 Å². The Hall–Kier alpha value is -1.78. The Labute approximate surface area is 142 Å². The Morgan fingerprint density at radius 3 is 2.67 bits per heavy atom. The van der Waals surface area contributed by atoms with Crippen LogP contribution in [0.4, 0.5) is 4.79 Å². The van der Waals surface area contributed by atoms with Crippen LogP contribution < -0.4 is 0 Å². The smallest absolute Gasteiger partial charge is 0.413 e. The predicted octanol–water partition coefficient (Wildman–Crippen LogP) is 1.30. The Balaban J connectivity index is 2.07. The number of carbonyl (C=O) groups excluding carboxylic acids is 2. The molecule has 0 spiro atoms. The highest BCUT2D eigenvalue weighted by Gasteiger charge is 2.45. The molecule has 7 nitrogen and oxygen atoms in total. The molecule has 2 saturated heterocycles. The maximum Gasteiger partial charge on any atom is 0.413 e. The number of carbonyl (C=O) groups is 2. The quantitative estimate of drug-likeness (QED) is 0.729. The molecule has 0 aromatic heterocycles. The molecule has 2 rings (SSSR count). The molecule has 0 aromatic carbocycles. The summed E-state index contributed by atoms with van der Waals surface area (Å²) in [5.41, 5.74) is -1.43. The fraction of sp³-hybridized carbons (Fsp3) is 0.765. The van der Waals surface area contributed by atoms with Crippen molar-refractivity contribution in [3.8, 4) is 11.8 Å². The number of rotatable bonds is 1. The molecular formula is C17H26N2O5. The van der Waals surface area contributed by atoms with Gasteiger partial charge in [-0.3, -0.25) is 9.69 Å². The summed E-state index contributed by atoms with van der Waals surface area (Å²) < 4.78 is 11.1. The van der Waals surface area contributed by atoms with Crippen LogP contribution in [-0.2, 0) is 14.3 Å². The van der Waals surface area contributed by atoms with Gasteiger partial charge < -0.3 is 19.5 Å². The number of amides is 2. The number of hydrogen-bond acceptors (Lipinski definition) is 5. The van der Waals surface area contributed by atoms with Gasteiger partial charge in [0, 0.05) is 12.8 Å². The first-order valence-corrected chi connectivity index (χ1v) is 8.13. The van der Waals surface area contributed by atoms with Gasteiger partial charge in [-0.15, -0.1) is 0 Å². The number of aliphatic hydroxyl groups is 1. The van der Waals surface area contributed by atoms with E-state index < -0.39 is 29.7 Å². The molecule has 0 saturated carbocycles. The molecule has 0 aliphatic carbocycles. The van der Waals surface area contributed by atoms with Crippen molar-refractivity contribution in [1.29, 1.82) is 0 Å². The minimum Gasteiger partial charge on any atom is -0.444 e. The van der Waals surface area contributed by atoms with Gasteiger partial charge in [0.05, 0.1) is 13.2 Å². The largest absolute Gasteiger partial charge is 0.444 e. The van der Waals surface area contributed by atoms with Crippen molar-refractivity contribution in [2.45, 2.75) is 71.1 Å². The second kappa shape index (κ2) is 6.61. The topological polar surface area (TPSA) is 79.3 Å². The Morgan fingerprint density at radius 1 is 1.46 bits per heavy atom. The Bertz CT molecular complexity index is 570. The van der Waals surface area contributed by atoms with E-state index in [0.717, 1.165) is 0 Å². The van der Waals surface area contributed by atoms with Gasteiger partial charge in [-0.25, -0.2) is 4.79 Å². The van der Waals surface area contributed by atoms with Crippen LogP contribution in [-0.4, -0.2) is 63.7 Å². The van der Waals surface area contributed by atoms with Gasteiger partial charge in [0.15, 0.2) is 0 Å². The van der Waals surface area contributed by atoms with E-state index >= 15 is 0 Å². The van der Waals surface area contributed by atoms with Crippen LogP contribution in [0.2, 0.25) is 0 Å². The van der Waals surface area contributed by atoms with Gasteiger partial charge in [-0.05, 0) is 34.6 Å². The fourth-order valence-corrected chi connectivity index (χ4v) is 2.73. The minimum atomic E-state index is -0.815. The lowest BCUT2D eigenvalue weighted by Gasteiger charge is -2.33. The van der Waals surface area contributed by atoms with Gasteiger partial charge in [-0.2, -0.15) is 0 Å². The van der Waals surface area contributed by atoms with Crippen LogP contribution in [0.15, 0.2) is 0 Å². The first-order chi connectivity index (χ1) is 11.0. The van der Waals surface area contributed by atoms with Crippen molar-refractivity contribution in [1.82, 2.24) is 9.80 Å². The standard InChI is InChI=1S/C17H26N2O5/c1-16(2,3)24-15(22)19-12(11-23-17(19,4)5)7-6-10-18-13(20)8-9-14(18)21/h12-13,20H,8-11H2,1-5H3/t12-,13?/m0/s1. The Kier molecular flexibility index (Phi) is 5.11. The van der Waals surface area contributed by atoms with Gasteiger partial charge in [0.1, 0.15) is 23.6 Å². The second-order valence-electron chi connectivity index (χ2n) is 7.49. The third kappa shape index (κ3) is 4.19. The first-order valence-electron chi connectivity index (χ1n) is 8.13. The lowest BCUT2D eigenvalue weighted by atomic mass is 10.2. The highest BCUT2D eigenvalue weighted by molar-refractivity contribution is 5.78. The fourth-order valence-electron chi connectivity index (χ4n) is 2.73. The SMILES string of the molecule is CC(C)(C)OC(=O)N1[C@@H](C#CCN2C(=O)CCC2O)COC1(C)C. The first kappa shape index (κ1) is 18.6. The summed E-state index contributed by atoms with van der Waals surface area (Å²) in [5, 5.41) is 9.73. The summed E-state index contributed by atoms with van der Waals surface area (Å²) in [6.45, 7) is 9.38. The van der Waals surface area contributed by atoms with Crippen molar-refractivity contribution in [2.75, 3.05) is 13.2 Å². The van der Waals surface area contributed by atoms with Gasteiger partial charge in [0.2, 0.25) is 5.91 Å². The molecule has 2 heterocycles. The zero-order valence-electron chi connectivity index (χ0n) is 15.0. The third-order valence-corrected chi connectivity index (χ3v) is 3.89. The van der Waals surface area contributed by atoms with Crippen LogP contribution in [0.25, 0.3) is 0 Å². The van der Waals surface area contributed by atoms with E-state index in [2.05, 4.69) is 11.8 Å².